The lowest BCUT2D eigenvalue weighted by atomic mass is 9.86. The SMILES string of the molecule is CC(=O)C(Cc1ccc(Br)cc1[N+](=O)[O-])C(C)C. The van der Waals surface area contributed by atoms with Gasteiger partial charge in [-0.1, -0.05) is 35.8 Å². The highest BCUT2D eigenvalue weighted by Gasteiger charge is 2.23. The molecule has 1 aromatic carbocycles. The third kappa shape index (κ3) is 3.63. The Morgan fingerprint density at radius 1 is 1.44 bits per heavy atom. The first-order valence-corrected chi connectivity index (χ1v) is 6.55. The van der Waals surface area contributed by atoms with E-state index >= 15 is 0 Å². The number of Topliss-reactive ketones (excluding diaryl/α,β-unsaturated/α-hetero) is 1. The van der Waals surface area contributed by atoms with Crippen molar-refractivity contribution in [2.45, 2.75) is 27.2 Å². The van der Waals surface area contributed by atoms with Crippen molar-refractivity contribution in [3.05, 3.63) is 38.3 Å². The molecule has 1 unspecified atom stereocenters. The van der Waals surface area contributed by atoms with Gasteiger partial charge in [0.2, 0.25) is 0 Å². The Balaban J connectivity index is 3.10. The molecule has 0 saturated heterocycles. The molecular weight excluding hydrogens is 298 g/mol. The van der Waals surface area contributed by atoms with Gasteiger partial charge in [-0.15, -0.1) is 0 Å². The summed E-state index contributed by atoms with van der Waals surface area (Å²) in [5.41, 5.74) is 0.674. The normalized spacial score (nSPS) is 12.5. The maximum atomic E-state index is 11.6. The molecule has 0 saturated carbocycles. The summed E-state index contributed by atoms with van der Waals surface area (Å²) >= 11 is 3.22. The Morgan fingerprint density at radius 2 is 2.06 bits per heavy atom. The minimum absolute atomic E-state index is 0.0660. The fourth-order valence-corrected chi connectivity index (χ4v) is 2.31. The van der Waals surface area contributed by atoms with Gasteiger partial charge in [0, 0.05) is 22.0 Å². The zero-order chi connectivity index (χ0) is 13.9. The van der Waals surface area contributed by atoms with Crippen LogP contribution in [0.25, 0.3) is 0 Å². The lowest BCUT2D eigenvalue weighted by Crippen LogP contribution is -2.20. The highest BCUT2D eigenvalue weighted by Crippen LogP contribution is 2.28. The van der Waals surface area contributed by atoms with Crippen molar-refractivity contribution >= 4 is 27.4 Å². The van der Waals surface area contributed by atoms with E-state index in [1.54, 1.807) is 12.1 Å². The summed E-state index contributed by atoms with van der Waals surface area (Å²) in [5, 5.41) is 11.0. The second-order valence-corrected chi connectivity index (χ2v) is 5.61. The molecule has 0 aliphatic heterocycles. The molecule has 1 rings (SSSR count). The number of ketones is 1. The average molecular weight is 314 g/mol. The molecule has 1 aromatic rings. The van der Waals surface area contributed by atoms with Crippen molar-refractivity contribution in [2.24, 2.45) is 11.8 Å². The van der Waals surface area contributed by atoms with Gasteiger partial charge in [0.05, 0.1) is 4.92 Å². The number of benzene rings is 1. The maximum Gasteiger partial charge on any atom is 0.273 e. The average Bonchev–Trinajstić information content (AvgIpc) is 2.25. The zero-order valence-electron chi connectivity index (χ0n) is 10.6. The first-order chi connectivity index (χ1) is 8.32. The van der Waals surface area contributed by atoms with Crippen LogP contribution in [0.5, 0.6) is 0 Å². The molecule has 5 heteroatoms. The first kappa shape index (κ1) is 14.8. The van der Waals surface area contributed by atoms with E-state index in [0.717, 1.165) is 0 Å². The van der Waals surface area contributed by atoms with Gasteiger partial charge in [0.15, 0.2) is 0 Å². The summed E-state index contributed by atoms with van der Waals surface area (Å²) in [6.45, 7) is 5.45. The Kier molecular flexibility index (Phi) is 5.02. The highest BCUT2D eigenvalue weighted by molar-refractivity contribution is 9.10. The van der Waals surface area contributed by atoms with Crippen LogP contribution in [0.3, 0.4) is 0 Å². The second-order valence-electron chi connectivity index (χ2n) is 4.70. The molecule has 0 bridgehead atoms. The topological polar surface area (TPSA) is 60.2 Å². The van der Waals surface area contributed by atoms with Crippen LogP contribution in [0.15, 0.2) is 22.7 Å². The van der Waals surface area contributed by atoms with Crippen molar-refractivity contribution in [1.29, 1.82) is 0 Å². The molecule has 98 valence electrons. The van der Waals surface area contributed by atoms with E-state index in [9.17, 15) is 14.9 Å². The van der Waals surface area contributed by atoms with Crippen molar-refractivity contribution < 1.29 is 9.72 Å². The Morgan fingerprint density at radius 3 is 2.50 bits per heavy atom. The van der Waals surface area contributed by atoms with Crippen LogP contribution < -0.4 is 0 Å². The molecule has 0 aliphatic carbocycles. The van der Waals surface area contributed by atoms with Gasteiger partial charge in [-0.3, -0.25) is 14.9 Å². The van der Waals surface area contributed by atoms with Gasteiger partial charge in [-0.2, -0.15) is 0 Å². The lowest BCUT2D eigenvalue weighted by Gasteiger charge is -2.17. The number of hydrogen-bond donors (Lipinski definition) is 0. The predicted molar refractivity (Wildman–Crippen MR) is 73.5 cm³/mol. The van der Waals surface area contributed by atoms with Gasteiger partial charge in [0.25, 0.3) is 5.69 Å². The van der Waals surface area contributed by atoms with Crippen LogP contribution in [-0.2, 0) is 11.2 Å². The molecule has 0 heterocycles. The van der Waals surface area contributed by atoms with Gasteiger partial charge < -0.3 is 0 Å². The molecule has 0 spiro atoms. The van der Waals surface area contributed by atoms with E-state index in [1.165, 1.54) is 13.0 Å². The van der Waals surface area contributed by atoms with Crippen LogP contribution in [-0.4, -0.2) is 10.7 Å². The monoisotopic (exact) mass is 313 g/mol. The number of nitro groups is 1. The van der Waals surface area contributed by atoms with Crippen LogP contribution in [0.1, 0.15) is 26.3 Å². The molecule has 0 aliphatic rings. The molecular formula is C13H16BrNO3. The van der Waals surface area contributed by atoms with Crippen LogP contribution >= 0.6 is 15.9 Å². The van der Waals surface area contributed by atoms with Crippen LogP contribution in [0.4, 0.5) is 5.69 Å². The van der Waals surface area contributed by atoms with E-state index in [1.807, 2.05) is 13.8 Å². The number of halogens is 1. The number of carbonyl (C=O) groups is 1. The summed E-state index contributed by atoms with van der Waals surface area (Å²) in [4.78, 5) is 22.1. The summed E-state index contributed by atoms with van der Waals surface area (Å²) in [5.74, 6) is 0.0674. The van der Waals surface area contributed by atoms with Gasteiger partial charge in [-0.25, -0.2) is 0 Å². The summed E-state index contributed by atoms with van der Waals surface area (Å²) < 4.78 is 0.668. The third-order valence-electron chi connectivity index (χ3n) is 3.01. The fraction of sp³-hybridized carbons (Fsp3) is 0.462. The summed E-state index contributed by atoms with van der Waals surface area (Å²) in [7, 11) is 0. The fourth-order valence-electron chi connectivity index (χ4n) is 1.97. The molecule has 0 radical (unpaired) electrons. The zero-order valence-corrected chi connectivity index (χ0v) is 12.2. The molecule has 0 N–H and O–H groups in total. The number of rotatable bonds is 5. The van der Waals surface area contributed by atoms with Crippen LogP contribution in [0, 0.1) is 22.0 Å². The Hall–Kier alpha value is -1.23. The van der Waals surface area contributed by atoms with Crippen LogP contribution in [0.2, 0.25) is 0 Å². The highest BCUT2D eigenvalue weighted by atomic mass is 79.9. The molecule has 0 amide bonds. The first-order valence-electron chi connectivity index (χ1n) is 5.76. The molecule has 1 atom stereocenters. The quantitative estimate of drug-likeness (QED) is 0.614. The maximum absolute atomic E-state index is 11.6. The predicted octanol–water partition coefficient (Wildman–Crippen LogP) is 3.76. The van der Waals surface area contributed by atoms with E-state index in [4.69, 9.17) is 0 Å². The van der Waals surface area contributed by atoms with E-state index in [2.05, 4.69) is 15.9 Å². The largest absolute Gasteiger partial charge is 0.300 e. The minimum Gasteiger partial charge on any atom is -0.300 e. The van der Waals surface area contributed by atoms with E-state index < -0.39 is 4.92 Å². The van der Waals surface area contributed by atoms with E-state index in [0.29, 0.717) is 16.5 Å². The number of carbonyl (C=O) groups excluding carboxylic acids is 1. The number of nitrogens with zero attached hydrogens (tertiary/aromatic N) is 1. The lowest BCUT2D eigenvalue weighted by molar-refractivity contribution is -0.385. The standard InChI is InChI=1S/C13H16BrNO3/c1-8(2)12(9(3)16)6-10-4-5-11(14)7-13(10)15(17)18/h4-5,7-8,12H,6H2,1-3H3. The van der Waals surface area contributed by atoms with Crippen molar-refractivity contribution in [2.75, 3.05) is 0 Å². The summed E-state index contributed by atoms with van der Waals surface area (Å²) in [6.07, 6.45) is 0.413. The number of nitro benzene ring substituents is 1. The van der Waals surface area contributed by atoms with Gasteiger partial charge >= 0.3 is 0 Å². The van der Waals surface area contributed by atoms with Gasteiger partial charge in [-0.05, 0) is 25.3 Å². The van der Waals surface area contributed by atoms with Crippen molar-refractivity contribution in [3.8, 4) is 0 Å². The molecule has 0 fully saturated rings. The Bertz CT molecular complexity index is 471. The van der Waals surface area contributed by atoms with E-state index in [-0.39, 0.29) is 23.3 Å². The summed E-state index contributed by atoms with van der Waals surface area (Å²) in [6, 6.07) is 4.95. The Labute approximate surface area is 115 Å². The van der Waals surface area contributed by atoms with Crippen molar-refractivity contribution in [3.63, 3.8) is 0 Å². The smallest absolute Gasteiger partial charge is 0.273 e. The third-order valence-corrected chi connectivity index (χ3v) is 3.50. The second kappa shape index (κ2) is 6.09. The van der Waals surface area contributed by atoms with Crippen molar-refractivity contribution in [1.82, 2.24) is 0 Å². The molecule has 18 heavy (non-hydrogen) atoms. The number of hydrogen-bond acceptors (Lipinski definition) is 3. The molecule has 0 aromatic heterocycles. The minimum atomic E-state index is -0.405. The van der Waals surface area contributed by atoms with Gasteiger partial charge in [0.1, 0.15) is 5.78 Å². The molecule has 4 nitrogen and oxygen atoms in total.